The third kappa shape index (κ3) is 2.07. The van der Waals surface area contributed by atoms with Crippen LogP contribution in [0.3, 0.4) is 0 Å². The molecule has 0 radical (unpaired) electrons. The zero-order chi connectivity index (χ0) is 10.1. The van der Waals surface area contributed by atoms with Gasteiger partial charge in [-0.05, 0) is 31.0 Å². The molecular weight excluding hydrogens is 244 g/mol. The van der Waals surface area contributed by atoms with Crippen molar-refractivity contribution in [2.24, 2.45) is 5.92 Å². The Morgan fingerprint density at radius 2 is 2.21 bits per heavy atom. The molecule has 1 aliphatic rings. The lowest BCUT2D eigenvalue weighted by Gasteiger charge is -2.07. The van der Waals surface area contributed by atoms with Crippen molar-refractivity contribution in [3.63, 3.8) is 0 Å². The Hall–Kier alpha value is -1.03. The molecule has 0 bridgehead atoms. The van der Waals surface area contributed by atoms with Crippen molar-refractivity contribution in [2.75, 3.05) is 11.1 Å². The van der Waals surface area contributed by atoms with Gasteiger partial charge in [0.1, 0.15) is 0 Å². The molecule has 0 heterocycles. The summed E-state index contributed by atoms with van der Waals surface area (Å²) in [6.45, 7) is 0. The molecule has 4 heteroatoms. The molecule has 1 aromatic rings. The maximum absolute atomic E-state index is 11.4. The molecule has 1 fully saturated rings. The van der Waals surface area contributed by atoms with Gasteiger partial charge in [-0.15, -0.1) is 0 Å². The van der Waals surface area contributed by atoms with Crippen LogP contribution in [0.5, 0.6) is 0 Å². The molecule has 1 aromatic carbocycles. The molecule has 0 unspecified atom stereocenters. The number of rotatable bonds is 2. The zero-order valence-electron chi connectivity index (χ0n) is 7.59. The first-order chi connectivity index (χ1) is 6.66. The predicted octanol–water partition coefficient (Wildman–Crippen LogP) is 2.38. The van der Waals surface area contributed by atoms with Crippen molar-refractivity contribution in [1.29, 1.82) is 0 Å². The monoisotopic (exact) mass is 254 g/mol. The Balaban J connectivity index is 2.11. The number of halogens is 1. The van der Waals surface area contributed by atoms with Crippen LogP contribution in [-0.2, 0) is 4.79 Å². The van der Waals surface area contributed by atoms with Gasteiger partial charge in [-0.1, -0.05) is 15.9 Å². The topological polar surface area (TPSA) is 55.1 Å². The number of anilines is 2. The minimum Gasteiger partial charge on any atom is -0.397 e. The molecular formula is C10H11BrN2O. The van der Waals surface area contributed by atoms with E-state index in [1.807, 2.05) is 6.07 Å². The van der Waals surface area contributed by atoms with E-state index in [0.29, 0.717) is 11.4 Å². The van der Waals surface area contributed by atoms with Crippen LogP contribution in [0.4, 0.5) is 11.4 Å². The van der Waals surface area contributed by atoms with E-state index in [1.165, 1.54) is 0 Å². The van der Waals surface area contributed by atoms with Crippen LogP contribution in [0, 0.1) is 5.92 Å². The Bertz CT molecular complexity index is 374. The van der Waals surface area contributed by atoms with E-state index in [4.69, 9.17) is 5.73 Å². The van der Waals surface area contributed by atoms with Crippen molar-refractivity contribution in [3.05, 3.63) is 22.7 Å². The number of nitrogens with two attached hydrogens (primary N) is 1. The van der Waals surface area contributed by atoms with Gasteiger partial charge >= 0.3 is 0 Å². The number of carbonyl (C=O) groups excluding carboxylic acids is 1. The first kappa shape index (κ1) is 9.52. The Kier molecular flexibility index (Phi) is 2.46. The Morgan fingerprint density at radius 1 is 1.50 bits per heavy atom. The Morgan fingerprint density at radius 3 is 2.79 bits per heavy atom. The highest BCUT2D eigenvalue weighted by Gasteiger charge is 2.29. The first-order valence-electron chi connectivity index (χ1n) is 4.52. The molecule has 0 spiro atoms. The van der Waals surface area contributed by atoms with E-state index >= 15 is 0 Å². The van der Waals surface area contributed by atoms with Gasteiger partial charge in [0.15, 0.2) is 0 Å². The molecule has 0 saturated heterocycles. The second-order valence-corrected chi connectivity index (χ2v) is 4.41. The predicted molar refractivity (Wildman–Crippen MR) is 59.9 cm³/mol. The summed E-state index contributed by atoms with van der Waals surface area (Å²) in [6.07, 6.45) is 2.00. The lowest BCUT2D eigenvalue weighted by molar-refractivity contribution is -0.117. The first-order valence-corrected chi connectivity index (χ1v) is 5.32. The molecule has 14 heavy (non-hydrogen) atoms. The fourth-order valence-corrected chi connectivity index (χ4v) is 1.61. The van der Waals surface area contributed by atoms with Crippen LogP contribution in [0.15, 0.2) is 22.7 Å². The summed E-state index contributed by atoms with van der Waals surface area (Å²) in [5.74, 6) is 0.289. The summed E-state index contributed by atoms with van der Waals surface area (Å²) in [4.78, 5) is 11.4. The van der Waals surface area contributed by atoms with Gasteiger partial charge in [0, 0.05) is 10.4 Å². The number of hydrogen-bond acceptors (Lipinski definition) is 2. The van der Waals surface area contributed by atoms with E-state index in [0.717, 1.165) is 17.3 Å². The molecule has 1 amide bonds. The summed E-state index contributed by atoms with van der Waals surface area (Å²) in [5, 5.41) is 2.81. The summed E-state index contributed by atoms with van der Waals surface area (Å²) in [6, 6.07) is 5.45. The maximum Gasteiger partial charge on any atom is 0.227 e. The van der Waals surface area contributed by atoms with Crippen LogP contribution in [0.25, 0.3) is 0 Å². The second-order valence-electron chi connectivity index (χ2n) is 3.50. The average molecular weight is 255 g/mol. The second kappa shape index (κ2) is 3.61. The smallest absolute Gasteiger partial charge is 0.227 e. The highest BCUT2D eigenvalue weighted by molar-refractivity contribution is 9.10. The minimum absolute atomic E-state index is 0.0824. The number of amides is 1. The largest absolute Gasteiger partial charge is 0.397 e. The Labute approximate surface area is 90.8 Å². The molecule has 3 N–H and O–H groups in total. The van der Waals surface area contributed by atoms with E-state index in [-0.39, 0.29) is 11.8 Å². The van der Waals surface area contributed by atoms with Crippen molar-refractivity contribution >= 4 is 33.2 Å². The van der Waals surface area contributed by atoms with Crippen molar-refractivity contribution in [3.8, 4) is 0 Å². The van der Waals surface area contributed by atoms with Crippen LogP contribution in [0.1, 0.15) is 12.8 Å². The third-order valence-electron chi connectivity index (χ3n) is 2.22. The van der Waals surface area contributed by atoms with Gasteiger partial charge in [-0.25, -0.2) is 0 Å². The lowest BCUT2D eigenvalue weighted by Crippen LogP contribution is -2.14. The van der Waals surface area contributed by atoms with E-state index < -0.39 is 0 Å². The summed E-state index contributed by atoms with van der Waals surface area (Å²) in [5.41, 5.74) is 7.04. The molecule has 2 rings (SSSR count). The molecule has 0 atom stereocenters. The van der Waals surface area contributed by atoms with Gasteiger partial charge in [0.05, 0.1) is 11.4 Å². The lowest BCUT2D eigenvalue weighted by atomic mass is 10.2. The van der Waals surface area contributed by atoms with Gasteiger partial charge in [0.25, 0.3) is 0 Å². The van der Waals surface area contributed by atoms with Gasteiger partial charge in [0.2, 0.25) is 5.91 Å². The average Bonchev–Trinajstić information content (AvgIpc) is 2.92. The normalized spacial score (nSPS) is 15.2. The molecule has 74 valence electrons. The molecule has 0 aromatic heterocycles. The van der Waals surface area contributed by atoms with E-state index in [1.54, 1.807) is 12.1 Å². The van der Waals surface area contributed by atoms with Gasteiger partial charge in [-0.3, -0.25) is 4.79 Å². The van der Waals surface area contributed by atoms with Crippen LogP contribution >= 0.6 is 15.9 Å². The number of nitrogens with one attached hydrogen (secondary N) is 1. The van der Waals surface area contributed by atoms with Gasteiger partial charge in [-0.2, -0.15) is 0 Å². The fraction of sp³-hybridized carbons (Fsp3) is 0.300. The molecule has 0 aliphatic heterocycles. The van der Waals surface area contributed by atoms with E-state index in [9.17, 15) is 4.79 Å². The number of nitrogen functional groups attached to an aromatic ring is 1. The number of carbonyl (C=O) groups is 1. The van der Waals surface area contributed by atoms with Crippen LogP contribution in [0.2, 0.25) is 0 Å². The van der Waals surface area contributed by atoms with Gasteiger partial charge < -0.3 is 11.1 Å². The molecule has 1 saturated carbocycles. The fourth-order valence-electron chi connectivity index (χ4n) is 1.23. The number of benzene rings is 1. The molecule has 3 nitrogen and oxygen atoms in total. The maximum atomic E-state index is 11.4. The van der Waals surface area contributed by atoms with E-state index in [2.05, 4.69) is 21.2 Å². The highest BCUT2D eigenvalue weighted by atomic mass is 79.9. The summed E-state index contributed by atoms with van der Waals surface area (Å²) in [7, 11) is 0. The highest BCUT2D eigenvalue weighted by Crippen LogP contribution is 2.31. The SMILES string of the molecule is Nc1cc(Br)ccc1NC(=O)C1CC1. The van der Waals surface area contributed by atoms with Crippen molar-refractivity contribution in [1.82, 2.24) is 0 Å². The molecule has 1 aliphatic carbocycles. The number of hydrogen-bond donors (Lipinski definition) is 2. The third-order valence-corrected chi connectivity index (χ3v) is 2.71. The van der Waals surface area contributed by atoms with Crippen LogP contribution < -0.4 is 11.1 Å². The van der Waals surface area contributed by atoms with Crippen molar-refractivity contribution < 1.29 is 4.79 Å². The zero-order valence-corrected chi connectivity index (χ0v) is 9.17. The summed E-state index contributed by atoms with van der Waals surface area (Å²) < 4.78 is 0.916. The van der Waals surface area contributed by atoms with Crippen molar-refractivity contribution in [2.45, 2.75) is 12.8 Å². The van der Waals surface area contributed by atoms with Crippen LogP contribution in [-0.4, -0.2) is 5.91 Å². The quantitative estimate of drug-likeness (QED) is 0.797. The standard InChI is InChI=1S/C10H11BrN2O/c11-7-3-4-9(8(12)5-7)13-10(14)6-1-2-6/h3-6H,1-2,12H2,(H,13,14). The minimum atomic E-state index is 0.0824. The summed E-state index contributed by atoms with van der Waals surface area (Å²) >= 11 is 3.31.